The largest absolute Gasteiger partial charge is 0.368 e. The lowest BCUT2D eigenvalue weighted by molar-refractivity contribution is -0.138. The molecule has 3 heterocycles. The predicted molar refractivity (Wildman–Crippen MR) is 120 cm³/mol. The molecule has 2 aromatic heterocycles. The SMILES string of the molecule is Cc1cc(C)nc(NCCC(=O)N2CCO[C@@H](c3ccc(-c4ccccc4F)cn3)C2)n1. The number of carbonyl (C=O) groups excluding carboxylic acids is 1. The lowest BCUT2D eigenvalue weighted by Gasteiger charge is -2.32. The Morgan fingerprint density at radius 2 is 1.97 bits per heavy atom. The topological polar surface area (TPSA) is 80.2 Å². The number of halogens is 1. The molecule has 4 rings (SSSR count). The second-order valence-electron chi connectivity index (χ2n) is 7.80. The number of benzene rings is 1. The van der Waals surface area contributed by atoms with Crippen LogP contribution in [0.15, 0.2) is 48.7 Å². The van der Waals surface area contributed by atoms with Crippen molar-refractivity contribution in [1.29, 1.82) is 0 Å². The summed E-state index contributed by atoms with van der Waals surface area (Å²) >= 11 is 0. The Morgan fingerprint density at radius 3 is 2.69 bits per heavy atom. The summed E-state index contributed by atoms with van der Waals surface area (Å²) in [6, 6.07) is 12.2. The van der Waals surface area contributed by atoms with Gasteiger partial charge in [0.25, 0.3) is 0 Å². The molecule has 0 bridgehead atoms. The smallest absolute Gasteiger partial charge is 0.224 e. The first-order valence-corrected chi connectivity index (χ1v) is 10.7. The Hall–Kier alpha value is -3.39. The number of nitrogens with zero attached hydrogens (tertiary/aromatic N) is 4. The van der Waals surface area contributed by atoms with Crippen LogP contribution < -0.4 is 5.32 Å². The molecular formula is C24H26FN5O2. The number of aromatic nitrogens is 3. The van der Waals surface area contributed by atoms with E-state index in [0.29, 0.717) is 49.7 Å². The predicted octanol–water partition coefficient (Wildman–Crippen LogP) is 3.70. The molecule has 7 nitrogen and oxygen atoms in total. The Morgan fingerprint density at radius 1 is 1.19 bits per heavy atom. The van der Waals surface area contributed by atoms with Gasteiger partial charge < -0.3 is 15.0 Å². The van der Waals surface area contributed by atoms with Crippen molar-refractivity contribution in [2.75, 3.05) is 31.6 Å². The summed E-state index contributed by atoms with van der Waals surface area (Å²) < 4.78 is 19.9. The number of rotatable bonds is 6. The highest BCUT2D eigenvalue weighted by Crippen LogP contribution is 2.25. The number of amides is 1. The van der Waals surface area contributed by atoms with Gasteiger partial charge in [0, 0.05) is 48.2 Å². The minimum Gasteiger partial charge on any atom is -0.368 e. The summed E-state index contributed by atoms with van der Waals surface area (Å²) in [4.78, 5) is 27.6. The summed E-state index contributed by atoms with van der Waals surface area (Å²) in [6.45, 7) is 5.71. The third kappa shape index (κ3) is 5.26. The minimum atomic E-state index is -0.307. The molecule has 1 amide bonds. The van der Waals surface area contributed by atoms with Crippen LogP contribution in [0.1, 0.15) is 29.6 Å². The Balaban J connectivity index is 1.33. The normalized spacial score (nSPS) is 16.1. The summed E-state index contributed by atoms with van der Waals surface area (Å²) in [7, 11) is 0. The number of pyridine rings is 1. The average molecular weight is 436 g/mol. The highest BCUT2D eigenvalue weighted by Gasteiger charge is 2.26. The van der Waals surface area contributed by atoms with Crippen LogP contribution in [0.4, 0.5) is 10.3 Å². The molecular weight excluding hydrogens is 409 g/mol. The number of anilines is 1. The zero-order valence-corrected chi connectivity index (χ0v) is 18.2. The minimum absolute atomic E-state index is 0.0400. The zero-order chi connectivity index (χ0) is 22.5. The van der Waals surface area contributed by atoms with Crippen LogP contribution in [0.25, 0.3) is 11.1 Å². The van der Waals surface area contributed by atoms with Crippen molar-refractivity contribution >= 4 is 11.9 Å². The summed E-state index contributed by atoms with van der Waals surface area (Å²) in [6.07, 6.45) is 1.67. The van der Waals surface area contributed by atoms with Gasteiger partial charge in [-0.05, 0) is 32.0 Å². The van der Waals surface area contributed by atoms with Gasteiger partial charge in [-0.1, -0.05) is 24.3 Å². The summed E-state index contributed by atoms with van der Waals surface area (Å²) in [5.74, 6) is 0.292. The van der Waals surface area contributed by atoms with Crippen molar-refractivity contribution in [2.24, 2.45) is 0 Å². The van der Waals surface area contributed by atoms with Crippen molar-refractivity contribution in [2.45, 2.75) is 26.4 Å². The summed E-state index contributed by atoms with van der Waals surface area (Å²) in [5.41, 5.74) is 3.71. The first-order valence-electron chi connectivity index (χ1n) is 10.7. The molecule has 1 aliphatic rings. The van der Waals surface area contributed by atoms with Gasteiger partial charge in [0.1, 0.15) is 11.9 Å². The van der Waals surface area contributed by atoms with E-state index in [4.69, 9.17) is 4.74 Å². The standard InChI is InChI=1S/C24H26FN5O2/c1-16-13-17(2)29-24(28-16)26-10-9-23(31)30-11-12-32-22(15-30)21-8-7-18(14-27-21)19-5-3-4-6-20(19)25/h3-8,13-14,22H,9-12,15H2,1-2H3,(H,26,28,29)/t22-/m1/s1. The molecule has 166 valence electrons. The number of nitrogens with one attached hydrogen (secondary N) is 1. The molecule has 3 aromatic rings. The number of hydrogen-bond donors (Lipinski definition) is 1. The van der Waals surface area contributed by atoms with Crippen molar-refractivity contribution in [1.82, 2.24) is 19.9 Å². The van der Waals surface area contributed by atoms with Crippen LogP contribution in [0.2, 0.25) is 0 Å². The molecule has 0 saturated carbocycles. The molecule has 1 saturated heterocycles. The van der Waals surface area contributed by atoms with Crippen molar-refractivity contribution < 1.29 is 13.9 Å². The van der Waals surface area contributed by atoms with E-state index in [9.17, 15) is 9.18 Å². The molecule has 1 aliphatic heterocycles. The first-order chi connectivity index (χ1) is 15.5. The van der Waals surface area contributed by atoms with E-state index in [1.165, 1.54) is 6.07 Å². The fourth-order valence-corrected chi connectivity index (χ4v) is 3.75. The number of hydrogen-bond acceptors (Lipinski definition) is 6. The number of morpholine rings is 1. The van der Waals surface area contributed by atoms with Crippen molar-refractivity contribution in [3.05, 3.63) is 71.6 Å². The average Bonchev–Trinajstić information content (AvgIpc) is 2.79. The van der Waals surface area contributed by atoms with Crippen LogP contribution in [0, 0.1) is 19.7 Å². The number of carbonyl (C=O) groups is 1. The van der Waals surface area contributed by atoms with Gasteiger partial charge in [0.05, 0.1) is 18.8 Å². The molecule has 1 N–H and O–H groups in total. The molecule has 32 heavy (non-hydrogen) atoms. The Kier molecular flexibility index (Phi) is 6.70. The van der Waals surface area contributed by atoms with Crippen LogP contribution in [-0.4, -0.2) is 52.0 Å². The fraction of sp³-hybridized carbons (Fsp3) is 0.333. The fourth-order valence-electron chi connectivity index (χ4n) is 3.75. The lowest BCUT2D eigenvalue weighted by Crippen LogP contribution is -2.43. The second kappa shape index (κ2) is 9.82. The van der Waals surface area contributed by atoms with Gasteiger partial charge in [-0.25, -0.2) is 14.4 Å². The van der Waals surface area contributed by atoms with Crippen molar-refractivity contribution in [3.63, 3.8) is 0 Å². The molecule has 0 unspecified atom stereocenters. The van der Waals surface area contributed by atoms with Gasteiger partial charge >= 0.3 is 0 Å². The monoisotopic (exact) mass is 435 g/mol. The first kappa shape index (κ1) is 21.8. The summed E-state index contributed by atoms with van der Waals surface area (Å²) in [5, 5.41) is 3.12. The van der Waals surface area contributed by atoms with Gasteiger partial charge in [-0.2, -0.15) is 0 Å². The maximum absolute atomic E-state index is 14.0. The van der Waals surface area contributed by atoms with E-state index in [-0.39, 0.29) is 17.8 Å². The van der Waals surface area contributed by atoms with Crippen LogP contribution >= 0.6 is 0 Å². The maximum Gasteiger partial charge on any atom is 0.224 e. The van der Waals surface area contributed by atoms with Gasteiger partial charge in [-0.3, -0.25) is 9.78 Å². The molecule has 1 atom stereocenters. The highest BCUT2D eigenvalue weighted by molar-refractivity contribution is 5.76. The Labute approximate surface area is 186 Å². The van der Waals surface area contributed by atoms with E-state index < -0.39 is 0 Å². The highest BCUT2D eigenvalue weighted by atomic mass is 19.1. The van der Waals surface area contributed by atoms with E-state index in [2.05, 4.69) is 20.3 Å². The maximum atomic E-state index is 14.0. The Bertz CT molecular complexity index is 1070. The molecule has 8 heteroatoms. The van der Waals surface area contributed by atoms with Crippen molar-refractivity contribution in [3.8, 4) is 11.1 Å². The van der Waals surface area contributed by atoms with Crippen LogP contribution in [0.5, 0.6) is 0 Å². The third-order valence-electron chi connectivity index (χ3n) is 5.32. The molecule has 0 aliphatic carbocycles. The zero-order valence-electron chi connectivity index (χ0n) is 18.2. The second-order valence-corrected chi connectivity index (χ2v) is 7.80. The van der Waals surface area contributed by atoms with Gasteiger partial charge in [0.15, 0.2) is 0 Å². The molecule has 0 radical (unpaired) electrons. The molecule has 0 spiro atoms. The quantitative estimate of drug-likeness (QED) is 0.636. The van der Waals surface area contributed by atoms with Crippen LogP contribution in [-0.2, 0) is 9.53 Å². The number of ether oxygens (including phenoxy) is 1. The number of aryl methyl sites for hydroxylation is 2. The lowest BCUT2D eigenvalue weighted by atomic mass is 10.1. The van der Waals surface area contributed by atoms with Crippen LogP contribution in [0.3, 0.4) is 0 Å². The van der Waals surface area contributed by atoms with E-state index >= 15 is 0 Å². The van der Waals surface area contributed by atoms with E-state index in [1.807, 2.05) is 32.0 Å². The van der Waals surface area contributed by atoms with E-state index in [1.54, 1.807) is 29.3 Å². The van der Waals surface area contributed by atoms with Gasteiger partial charge in [0.2, 0.25) is 11.9 Å². The molecule has 1 fully saturated rings. The molecule has 1 aromatic carbocycles. The van der Waals surface area contributed by atoms with E-state index in [0.717, 1.165) is 17.1 Å². The third-order valence-corrected chi connectivity index (χ3v) is 5.32. The van der Waals surface area contributed by atoms with Gasteiger partial charge in [-0.15, -0.1) is 0 Å².